The molecule has 0 aromatic heterocycles. The predicted octanol–water partition coefficient (Wildman–Crippen LogP) is 6.48. The lowest BCUT2D eigenvalue weighted by molar-refractivity contribution is -0.150. The first-order valence-corrected chi connectivity index (χ1v) is 13.0. The van der Waals surface area contributed by atoms with Crippen LogP contribution >= 0.6 is 0 Å². The van der Waals surface area contributed by atoms with Crippen molar-refractivity contribution < 1.29 is 19.1 Å². The number of fused-ring (bicyclic) bond motifs is 5. The predicted molar refractivity (Wildman–Crippen MR) is 126 cm³/mol. The monoisotopic (exact) mass is 444 g/mol. The summed E-state index contributed by atoms with van der Waals surface area (Å²) in [6.45, 7) is 11.6. The molecule has 0 saturated heterocycles. The summed E-state index contributed by atoms with van der Waals surface area (Å²) in [6.07, 6.45) is 13.6. The van der Waals surface area contributed by atoms with Gasteiger partial charge in [-0.1, -0.05) is 39.3 Å². The van der Waals surface area contributed by atoms with Gasteiger partial charge in [0.05, 0.1) is 7.11 Å². The summed E-state index contributed by atoms with van der Waals surface area (Å²) in [5.41, 5.74) is 2.52. The number of rotatable bonds is 5. The molecule has 8 atom stereocenters. The van der Waals surface area contributed by atoms with Crippen LogP contribution in [0, 0.1) is 39.9 Å². The van der Waals surface area contributed by atoms with Crippen LogP contribution in [0.25, 0.3) is 0 Å². The van der Waals surface area contributed by atoms with Crippen molar-refractivity contribution in [2.45, 2.75) is 105 Å². The number of hydrogen-bond acceptors (Lipinski definition) is 4. The molecule has 0 radical (unpaired) electrons. The van der Waals surface area contributed by atoms with Gasteiger partial charge >= 0.3 is 11.9 Å². The van der Waals surface area contributed by atoms with Crippen molar-refractivity contribution in [1.29, 1.82) is 0 Å². The lowest BCUT2D eigenvalue weighted by Gasteiger charge is -2.63. The molecule has 0 aromatic carbocycles. The molecule has 0 amide bonds. The summed E-state index contributed by atoms with van der Waals surface area (Å²) in [7, 11) is 1.49. The average molecular weight is 445 g/mol. The number of esters is 2. The van der Waals surface area contributed by atoms with Crippen LogP contribution in [0.3, 0.4) is 0 Å². The molecule has 0 unspecified atom stereocenters. The van der Waals surface area contributed by atoms with Crippen LogP contribution in [0.1, 0.15) is 98.8 Å². The lowest BCUT2D eigenvalue weighted by Crippen LogP contribution is -2.56. The van der Waals surface area contributed by atoms with E-state index < -0.39 is 0 Å². The highest BCUT2D eigenvalue weighted by Gasteiger charge is 2.64. The van der Waals surface area contributed by atoms with Gasteiger partial charge in [-0.25, -0.2) is 0 Å². The summed E-state index contributed by atoms with van der Waals surface area (Å²) in [5, 5.41) is 0. The van der Waals surface area contributed by atoms with E-state index in [2.05, 4.69) is 33.8 Å². The molecule has 4 aliphatic rings. The van der Waals surface area contributed by atoms with Crippen LogP contribution in [0.5, 0.6) is 0 Å². The third kappa shape index (κ3) is 3.74. The minimum absolute atomic E-state index is 0.0663. The Kier molecular flexibility index (Phi) is 6.31. The van der Waals surface area contributed by atoms with Crippen molar-refractivity contribution >= 4 is 11.9 Å². The number of hydrogen-bond donors (Lipinski definition) is 0. The topological polar surface area (TPSA) is 52.6 Å². The Balaban J connectivity index is 1.54. The molecule has 0 aromatic rings. The van der Waals surface area contributed by atoms with Crippen molar-refractivity contribution in [2.75, 3.05) is 7.11 Å². The van der Waals surface area contributed by atoms with Crippen LogP contribution in [0.4, 0.5) is 0 Å². The molecule has 32 heavy (non-hydrogen) atoms. The summed E-state index contributed by atoms with van der Waals surface area (Å²) in [6, 6.07) is 0. The molecule has 0 N–H and O–H groups in total. The normalized spacial score (nSPS) is 43.9. The summed E-state index contributed by atoms with van der Waals surface area (Å²) < 4.78 is 10.5. The van der Waals surface area contributed by atoms with E-state index >= 15 is 0 Å². The van der Waals surface area contributed by atoms with E-state index in [0.29, 0.717) is 29.1 Å². The van der Waals surface area contributed by atoms with Crippen molar-refractivity contribution in [2.24, 2.45) is 39.9 Å². The van der Waals surface area contributed by atoms with Crippen molar-refractivity contribution in [3.63, 3.8) is 0 Å². The van der Waals surface area contributed by atoms with E-state index in [1.807, 2.05) is 0 Å². The molecule has 4 nitrogen and oxygen atoms in total. The van der Waals surface area contributed by atoms with Gasteiger partial charge in [0.15, 0.2) is 0 Å². The first kappa shape index (κ1) is 23.8. The minimum atomic E-state index is -0.147. The second-order valence-electron chi connectivity index (χ2n) is 12.3. The summed E-state index contributed by atoms with van der Waals surface area (Å²) >= 11 is 0. The smallest absolute Gasteiger partial charge is 0.305 e. The second-order valence-corrected chi connectivity index (χ2v) is 12.3. The zero-order chi connectivity index (χ0) is 23.3. The fraction of sp³-hybridized carbons (Fsp3) is 0.857. The maximum absolute atomic E-state index is 11.7. The maximum Gasteiger partial charge on any atom is 0.305 e. The SMILES string of the molecule is COC(=O)CC[C@@H](C)[C@H]1CC[C@@H]2[C@]1(C)CC[C@H]1[C@@]2(C)CC=C2C[C@@H](OC(C)=O)CC[C@@]21C. The largest absolute Gasteiger partial charge is 0.469 e. The molecule has 3 fully saturated rings. The van der Waals surface area contributed by atoms with E-state index in [1.54, 1.807) is 5.57 Å². The van der Waals surface area contributed by atoms with Gasteiger partial charge in [0.25, 0.3) is 0 Å². The van der Waals surface area contributed by atoms with Crippen LogP contribution in [-0.4, -0.2) is 25.2 Å². The standard InChI is InChI=1S/C28H44O4/c1-18(7-10-25(30)31-6)22-8-9-23-27(22,4)16-13-24-26(3)15-12-21(32-19(2)29)17-20(26)11-14-28(23,24)5/h11,18,21-24H,7-10,12-17H2,1-6H3/t18-,21+,22-,23-,24-,26+,27-,28+/m1/s1. The first-order valence-electron chi connectivity index (χ1n) is 13.0. The Morgan fingerprint density at radius 3 is 2.50 bits per heavy atom. The Morgan fingerprint density at radius 1 is 1.06 bits per heavy atom. The van der Waals surface area contributed by atoms with Crippen molar-refractivity contribution in [3.8, 4) is 0 Å². The van der Waals surface area contributed by atoms with E-state index in [1.165, 1.54) is 46.1 Å². The molecule has 3 saturated carbocycles. The summed E-state index contributed by atoms with van der Waals surface area (Å²) in [5.74, 6) is 2.51. The minimum Gasteiger partial charge on any atom is -0.469 e. The van der Waals surface area contributed by atoms with E-state index in [0.717, 1.165) is 37.5 Å². The molecule has 0 aliphatic heterocycles. The highest BCUT2D eigenvalue weighted by Crippen LogP contribution is 2.72. The molecule has 4 heteroatoms. The van der Waals surface area contributed by atoms with Crippen LogP contribution < -0.4 is 0 Å². The molecule has 180 valence electrons. The summed E-state index contributed by atoms with van der Waals surface area (Å²) in [4.78, 5) is 23.2. The van der Waals surface area contributed by atoms with E-state index in [4.69, 9.17) is 9.47 Å². The Bertz CT molecular complexity index is 786. The van der Waals surface area contributed by atoms with Gasteiger partial charge in [-0.3, -0.25) is 9.59 Å². The first-order chi connectivity index (χ1) is 15.0. The second kappa shape index (κ2) is 8.47. The van der Waals surface area contributed by atoms with Gasteiger partial charge in [-0.05, 0) is 91.3 Å². The van der Waals surface area contributed by atoms with E-state index in [9.17, 15) is 9.59 Å². The fourth-order valence-electron chi connectivity index (χ4n) is 9.24. The zero-order valence-electron chi connectivity index (χ0n) is 21.2. The molecule has 0 bridgehead atoms. The Labute approximate surface area is 194 Å². The Hall–Kier alpha value is -1.32. The van der Waals surface area contributed by atoms with Gasteiger partial charge < -0.3 is 9.47 Å². The average Bonchev–Trinajstić information content (AvgIpc) is 3.10. The third-order valence-corrected chi connectivity index (χ3v) is 10.7. The van der Waals surface area contributed by atoms with Gasteiger partial charge in [-0.2, -0.15) is 0 Å². The number of carbonyl (C=O) groups is 2. The highest BCUT2D eigenvalue weighted by atomic mass is 16.5. The number of methoxy groups -OCH3 is 1. The van der Waals surface area contributed by atoms with E-state index in [-0.39, 0.29) is 23.5 Å². The molecular formula is C28H44O4. The molecule has 0 heterocycles. The molecule has 4 aliphatic carbocycles. The molecular weight excluding hydrogens is 400 g/mol. The van der Waals surface area contributed by atoms with Gasteiger partial charge in [0.1, 0.15) is 6.10 Å². The lowest BCUT2D eigenvalue weighted by atomic mass is 9.41. The van der Waals surface area contributed by atoms with Crippen LogP contribution in [-0.2, 0) is 19.1 Å². The maximum atomic E-state index is 11.7. The zero-order valence-corrected chi connectivity index (χ0v) is 21.2. The third-order valence-electron chi connectivity index (χ3n) is 10.7. The van der Waals surface area contributed by atoms with Gasteiger partial charge in [-0.15, -0.1) is 0 Å². The number of ether oxygens (including phenoxy) is 2. The van der Waals surface area contributed by atoms with Gasteiger partial charge in [0, 0.05) is 19.8 Å². The fourth-order valence-corrected chi connectivity index (χ4v) is 9.24. The van der Waals surface area contributed by atoms with Gasteiger partial charge in [0.2, 0.25) is 0 Å². The molecule has 0 spiro atoms. The number of allylic oxidation sites excluding steroid dienone is 1. The number of carbonyl (C=O) groups excluding carboxylic acids is 2. The Morgan fingerprint density at radius 2 is 1.81 bits per heavy atom. The molecule has 4 rings (SSSR count). The quantitative estimate of drug-likeness (QED) is 0.360. The van der Waals surface area contributed by atoms with Crippen molar-refractivity contribution in [3.05, 3.63) is 11.6 Å². The van der Waals surface area contributed by atoms with Crippen LogP contribution in [0.15, 0.2) is 11.6 Å². The van der Waals surface area contributed by atoms with Crippen molar-refractivity contribution in [1.82, 2.24) is 0 Å². The highest BCUT2D eigenvalue weighted by molar-refractivity contribution is 5.69. The van der Waals surface area contributed by atoms with Crippen LogP contribution in [0.2, 0.25) is 0 Å².